The molecule has 1 fully saturated rings. The van der Waals surface area contributed by atoms with Crippen molar-refractivity contribution in [3.05, 3.63) is 12.7 Å². The Labute approximate surface area is 120 Å². The largest absolute Gasteiger partial charge is 0.379 e. The number of hydrogen-bond acceptors (Lipinski definition) is 4. The third kappa shape index (κ3) is 4.94. The molecule has 114 valence electrons. The van der Waals surface area contributed by atoms with Crippen LogP contribution in [0, 0.1) is 5.41 Å². The van der Waals surface area contributed by atoms with Gasteiger partial charge < -0.3 is 15.4 Å². The van der Waals surface area contributed by atoms with Crippen LogP contribution in [0.3, 0.4) is 0 Å². The van der Waals surface area contributed by atoms with Gasteiger partial charge in [-0.05, 0) is 13.8 Å². The quantitative estimate of drug-likeness (QED) is 0.500. The summed E-state index contributed by atoms with van der Waals surface area (Å²) in [5.74, 6) is -0.548. The molecular formula is C14H25N3O3. The van der Waals surface area contributed by atoms with Crippen molar-refractivity contribution < 1.29 is 14.3 Å². The van der Waals surface area contributed by atoms with Crippen LogP contribution in [0.1, 0.15) is 13.8 Å². The second kappa shape index (κ2) is 8.01. The average Bonchev–Trinajstić information content (AvgIpc) is 2.45. The number of carbonyl (C=O) groups is 2. The number of nitrogens with zero attached hydrogens (tertiary/aromatic N) is 1. The number of morpholine rings is 1. The summed E-state index contributed by atoms with van der Waals surface area (Å²) >= 11 is 0. The molecule has 2 N–H and O–H groups in total. The lowest BCUT2D eigenvalue weighted by Gasteiger charge is -2.27. The number of hydrogen-bond donors (Lipinski definition) is 2. The standard InChI is InChI=1S/C14H25N3O3/c1-4-5-15-12(18)14(2,3)13(19)16-6-7-17-8-10-20-11-9-17/h4H,1,5-11H2,2-3H3,(H,15,18)(H,16,19). The van der Waals surface area contributed by atoms with E-state index in [0.29, 0.717) is 13.1 Å². The Bertz CT molecular complexity index is 350. The lowest BCUT2D eigenvalue weighted by atomic mass is 9.91. The van der Waals surface area contributed by atoms with Gasteiger partial charge in [-0.3, -0.25) is 14.5 Å². The first kappa shape index (κ1) is 16.7. The van der Waals surface area contributed by atoms with E-state index in [9.17, 15) is 9.59 Å². The highest BCUT2D eigenvalue weighted by Crippen LogP contribution is 2.15. The molecule has 1 aliphatic rings. The first-order chi connectivity index (χ1) is 9.48. The second-order valence-electron chi connectivity index (χ2n) is 5.33. The van der Waals surface area contributed by atoms with Crippen LogP contribution in [0.4, 0.5) is 0 Å². The lowest BCUT2D eigenvalue weighted by molar-refractivity contribution is -0.141. The van der Waals surface area contributed by atoms with E-state index < -0.39 is 5.41 Å². The molecule has 0 aromatic heterocycles. The van der Waals surface area contributed by atoms with Crippen molar-refractivity contribution in [2.75, 3.05) is 45.9 Å². The van der Waals surface area contributed by atoms with Gasteiger partial charge >= 0.3 is 0 Å². The Morgan fingerprint density at radius 2 is 1.85 bits per heavy atom. The molecule has 0 atom stereocenters. The van der Waals surface area contributed by atoms with E-state index in [1.807, 2.05) is 0 Å². The van der Waals surface area contributed by atoms with Crippen LogP contribution in [0.25, 0.3) is 0 Å². The minimum Gasteiger partial charge on any atom is -0.379 e. The number of nitrogens with one attached hydrogen (secondary N) is 2. The summed E-state index contributed by atoms with van der Waals surface area (Å²) in [5.41, 5.74) is -1.08. The van der Waals surface area contributed by atoms with Gasteiger partial charge in [-0.25, -0.2) is 0 Å². The molecule has 20 heavy (non-hydrogen) atoms. The highest BCUT2D eigenvalue weighted by atomic mass is 16.5. The molecule has 6 heteroatoms. The van der Waals surface area contributed by atoms with Crippen molar-refractivity contribution in [3.63, 3.8) is 0 Å². The van der Waals surface area contributed by atoms with Crippen LogP contribution >= 0.6 is 0 Å². The smallest absolute Gasteiger partial charge is 0.235 e. The van der Waals surface area contributed by atoms with E-state index in [-0.39, 0.29) is 11.8 Å². The van der Waals surface area contributed by atoms with Gasteiger partial charge in [0.15, 0.2) is 0 Å². The third-order valence-electron chi connectivity index (χ3n) is 3.36. The molecule has 1 aliphatic heterocycles. The molecular weight excluding hydrogens is 258 g/mol. The zero-order chi connectivity index (χ0) is 15.0. The van der Waals surface area contributed by atoms with Crippen LogP contribution in [0.2, 0.25) is 0 Å². The molecule has 0 bridgehead atoms. The van der Waals surface area contributed by atoms with Gasteiger partial charge in [0.1, 0.15) is 5.41 Å². The predicted molar refractivity (Wildman–Crippen MR) is 77.3 cm³/mol. The molecule has 6 nitrogen and oxygen atoms in total. The highest BCUT2D eigenvalue weighted by Gasteiger charge is 2.35. The Hall–Kier alpha value is -1.40. The Kier molecular flexibility index (Phi) is 6.67. The monoisotopic (exact) mass is 283 g/mol. The molecule has 1 rings (SSSR count). The van der Waals surface area contributed by atoms with Crippen LogP contribution in [-0.2, 0) is 14.3 Å². The SMILES string of the molecule is C=CCNC(=O)C(C)(C)C(=O)NCCN1CCOCC1. The van der Waals surface area contributed by atoms with Crippen LogP contribution < -0.4 is 10.6 Å². The first-order valence-electron chi connectivity index (χ1n) is 6.96. The van der Waals surface area contributed by atoms with Crippen molar-refractivity contribution in [1.29, 1.82) is 0 Å². The summed E-state index contributed by atoms with van der Waals surface area (Å²) in [6.07, 6.45) is 1.59. The lowest BCUT2D eigenvalue weighted by Crippen LogP contribution is -2.49. The van der Waals surface area contributed by atoms with Crippen molar-refractivity contribution in [3.8, 4) is 0 Å². The summed E-state index contributed by atoms with van der Waals surface area (Å²) in [5, 5.41) is 5.47. The number of amides is 2. The Morgan fingerprint density at radius 3 is 2.45 bits per heavy atom. The first-order valence-corrected chi connectivity index (χ1v) is 6.96. The molecule has 0 aromatic rings. The summed E-state index contributed by atoms with van der Waals surface area (Å²) in [6.45, 7) is 11.7. The molecule has 0 spiro atoms. The number of ether oxygens (including phenoxy) is 1. The van der Waals surface area contributed by atoms with E-state index in [1.54, 1.807) is 19.9 Å². The maximum Gasteiger partial charge on any atom is 0.235 e. The normalized spacial score (nSPS) is 16.5. The maximum absolute atomic E-state index is 12.1. The molecule has 1 saturated heterocycles. The van der Waals surface area contributed by atoms with Crippen molar-refractivity contribution in [2.45, 2.75) is 13.8 Å². The average molecular weight is 283 g/mol. The minimum absolute atomic E-state index is 0.257. The van der Waals surface area contributed by atoms with E-state index in [4.69, 9.17) is 4.74 Å². The van der Waals surface area contributed by atoms with Gasteiger partial charge in [0, 0.05) is 32.7 Å². The predicted octanol–water partition coefficient (Wildman–Crippen LogP) is -0.237. The van der Waals surface area contributed by atoms with Gasteiger partial charge in [-0.1, -0.05) is 6.08 Å². The highest BCUT2D eigenvalue weighted by molar-refractivity contribution is 6.04. The molecule has 2 amide bonds. The molecule has 0 saturated carbocycles. The fraction of sp³-hybridized carbons (Fsp3) is 0.714. The van der Waals surface area contributed by atoms with Crippen molar-refractivity contribution in [1.82, 2.24) is 15.5 Å². The Morgan fingerprint density at radius 1 is 1.25 bits per heavy atom. The summed E-state index contributed by atoms with van der Waals surface area (Å²) in [6, 6.07) is 0. The topological polar surface area (TPSA) is 70.7 Å². The summed E-state index contributed by atoms with van der Waals surface area (Å²) in [7, 11) is 0. The molecule has 0 radical (unpaired) electrons. The minimum atomic E-state index is -1.08. The zero-order valence-corrected chi connectivity index (χ0v) is 12.4. The number of rotatable bonds is 7. The van der Waals surface area contributed by atoms with Crippen LogP contribution in [0.5, 0.6) is 0 Å². The van der Waals surface area contributed by atoms with Crippen molar-refractivity contribution in [2.24, 2.45) is 5.41 Å². The van der Waals surface area contributed by atoms with E-state index in [1.165, 1.54) is 0 Å². The van der Waals surface area contributed by atoms with E-state index in [2.05, 4.69) is 22.1 Å². The molecule has 1 heterocycles. The Balaban J connectivity index is 2.32. The van der Waals surface area contributed by atoms with Crippen LogP contribution in [0.15, 0.2) is 12.7 Å². The molecule has 0 unspecified atom stereocenters. The van der Waals surface area contributed by atoms with Gasteiger partial charge in [-0.15, -0.1) is 6.58 Å². The zero-order valence-electron chi connectivity index (χ0n) is 12.4. The number of carbonyl (C=O) groups excluding carboxylic acids is 2. The fourth-order valence-corrected chi connectivity index (χ4v) is 1.86. The maximum atomic E-state index is 12.1. The van der Waals surface area contributed by atoms with E-state index >= 15 is 0 Å². The van der Waals surface area contributed by atoms with E-state index in [0.717, 1.165) is 32.8 Å². The van der Waals surface area contributed by atoms with Gasteiger partial charge in [-0.2, -0.15) is 0 Å². The third-order valence-corrected chi connectivity index (χ3v) is 3.36. The fourth-order valence-electron chi connectivity index (χ4n) is 1.86. The summed E-state index contributed by atoms with van der Waals surface area (Å²) < 4.78 is 5.26. The van der Waals surface area contributed by atoms with Gasteiger partial charge in [0.2, 0.25) is 11.8 Å². The molecule has 0 aromatic carbocycles. The molecule has 0 aliphatic carbocycles. The summed E-state index contributed by atoms with van der Waals surface area (Å²) in [4.78, 5) is 26.2. The van der Waals surface area contributed by atoms with Gasteiger partial charge in [0.25, 0.3) is 0 Å². The second-order valence-corrected chi connectivity index (χ2v) is 5.33. The van der Waals surface area contributed by atoms with Crippen LogP contribution in [-0.4, -0.2) is 62.7 Å². The van der Waals surface area contributed by atoms with Crippen molar-refractivity contribution >= 4 is 11.8 Å². The van der Waals surface area contributed by atoms with Gasteiger partial charge in [0.05, 0.1) is 13.2 Å².